The molecule has 0 saturated carbocycles. The summed E-state index contributed by atoms with van der Waals surface area (Å²) in [6, 6.07) is 21.6. The number of para-hydroxylation sites is 2. The number of carbonyl (C=O) groups is 1. The van der Waals surface area contributed by atoms with E-state index in [0.29, 0.717) is 17.0 Å². The third-order valence-electron chi connectivity index (χ3n) is 5.28. The van der Waals surface area contributed by atoms with Crippen molar-refractivity contribution in [2.75, 3.05) is 11.4 Å². The van der Waals surface area contributed by atoms with Gasteiger partial charge in [-0.25, -0.2) is 0 Å². The molecule has 7 heteroatoms. The second-order valence-electron chi connectivity index (χ2n) is 7.66. The number of amides is 1. The van der Waals surface area contributed by atoms with E-state index in [2.05, 4.69) is 0 Å². The molecule has 1 atom stereocenters. The van der Waals surface area contributed by atoms with Gasteiger partial charge >= 0.3 is 0 Å². The second-order valence-corrected chi connectivity index (χ2v) is 9.05. The molecule has 3 aromatic rings. The lowest BCUT2D eigenvalue weighted by atomic mass is 10.0. The Morgan fingerprint density at radius 1 is 1.06 bits per heavy atom. The molecule has 1 unspecified atom stereocenters. The summed E-state index contributed by atoms with van der Waals surface area (Å²) in [4.78, 5) is 14.7. The molecule has 0 fully saturated rings. The number of benzene rings is 3. The molecule has 6 nitrogen and oxygen atoms in total. The molecule has 1 amide bonds. The number of anilines is 1. The fourth-order valence-electron chi connectivity index (χ4n) is 3.87. The van der Waals surface area contributed by atoms with Gasteiger partial charge in [-0.15, -0.1) is 0 Å². The highest BCUT2D eigenvalue weighted by atomic mass is 32.2. The van der Waals surface area contributed by atoms with Gasteiger partial charge in [-0.05, 0) is 36.2 Å². The van der Waals surface area contributed by atoms with Crippen molar-refractivity contribution < 1.29 is 22.5 Å². The van der Waals surface area contributed by atoms with Crippen LogP contribution in [0.4, 0.5) is 5.69 Å². The molecule has 0 aliphatic carbocycles. The second kappa shape index (κ2) is 8.53. The first kappa shape index (κ1) is 21.1. The van der Waals surface area contributed by atoms with Crippen molar-refractivity contribution in [2.24, 2.45) is 0 Å². The van der Waals surface area contributed by atoms with Crippen molar-refractivity contribution in [3.8, 4) is 5.75 Å². The monoisotopic (exact) mass is 437 g/mol. The smallest absolute Gasteiger partial charge is 0.294 e. The third-order valence-corrected chi connectivity index (χ3v) is 6.23. The van der Waals surface area contributed by atoms with Gasteiger partial charge in [0, 0.05) is 6.42 Å². The number of aryl methyl sites for hydroxylation is 1. The van der Waals surface area contributed by atoms with Gasteiger partial charge in [0.25, 0.3) is 10.1 Å². The molecule has 1 aliphatic rings. The summed E-state index contributed by atoms with van der Waals surface area (Å²) >= 11 is 0. The van der Waals surface area contributed by atoms with E-state index in [1.54, 1.807) is 23.1 Å². The minimum absolute atomic E-state index is 0.0637. The maximum Gasteiger partial charge on any atom is 0.294 e. The van der Waals surface area contributed by atoms with Gasteiger partial charge in [0.2, 0.25) is 5.91 Å². The van der Waals surface area contributed by atoms with Gasteiger partial charge in [-0.1, -0.05) is 60.2 Å². The summed E-state index contributed by atoms with van der Waals surface area (Å²) in [6.45, 7) is 2.13. The third kappa shape index (κ3) is 4.78. The first-order chi connectivity index (χ1) is 14.8. The molecular weight excluding hydrogens is 414 g/mol. The molecule has 0 bridgehead atoms. The fourth-order valence-corrected chi connectivity index (χ4v) is 4.59. The summed E-state index contributed by atoms with van der Waals surface area (Å²) in [5, 5.41) is 0. The van der Waals surface area contributed by atoms with Crippen molar-refractivity contribution in [3.63, 3.8) is 0 Å². The highest BCUT2D eigenvalue weighted by Gasteiger charge is 2.31. The van der Waals surface area contributed by atoms with Gasteiger partial charge in [0.05, 0.1) is 23.5 Å². The van der Waals surface area contributed by atoms with Crippen LogP contribution in [0.1, 0.15) is 16.7 Å². The van der Waals surface area contributed by atoms with E-state index in [1.165, 1.54) is 6.07 Å². The maximum absolute atomic E-state index is 13.1. The molecular formula is C24H23NO5S. The Bertz CT molecular complexity index is 1210. The van der Waals surface area contributed by atoms with Gasteiger partial charge in [0.1, 0.15) is 11.9 Å². The van der Waals surface area contributed by atoms with Crippen LogP contribution in [-0.2, 0) is 27.8 Å². The van der Waals surface area contributed by atoms with Crippen LogP contribution in [-0.4, -0.2) is 31.5 Å². The van der Waals surface area contributed by atoms with Gasteiger partial charge in [-0.2, -0.15) is 8.42 Å². The number of fused-ring (bicyclic) bond motifs is 1. The number of hydrogen-bond acceptors (Lipinski definition) is 4. The number of rotatable bonds is 5. The zero-order valence-electron chi connectivity index (χ0n) is 17.1. The molecule has 4 rings (SSSR count). The molecule has 0 radical (unpaired) electrons. The Morgan fingerprint density at radius 2 is 1.77 bits per heavy atom. The quantitative estimate of drug-likeness (QED) is 0.614. The standard InChI is InChI=1S/C24H23NO5S/c1-17-11-12-23(31(27,28)29)19(13-17)15-20-16-25(21-9-5-6-10-22(21)30-20)24(26)14-18-7-3-2-4-8-18/h2-13,20H,14-16H2,1H3,(H,27,28,29). The van der Waals surface area contributed by atoms with Crippen molar-refractivity contribution in [3.05, 3.63) is 89.5 Å². The lowest BCUT2D eigenvalue weighted by Gasteiger charge is -2.35. The number of carbonyl (C=O) groups excluding carboxylic acids is 1. The van der Waals surface area contributed by atoms with Crippen LogP contribution in [0.3, 0.4) is 0 Å². The SMILES string of the molecule is Cc1ccc(S(=O)(=O)O)c(CC2CN(C(=O)Cc3ccccc3)c3ccccc3O2)c1. The molecule has 31 heavy (non-hydrogen) atoms. The zero-order valence-corrected chi connectivity index (χ0v) is 17.9. The highest BCUT2D eigenvalue weighted by molar-refractivity contribution is 7.85. The summed E-state index contributed by atoms with van der Waals surface area (Å²) < 4.78 is 39.4. The minimum Gasteiger partial charge on any atom is -0.486 e. The normalized spacial score (nSPS) is 15.8. The number of hydrogen-bond donors (Lipinski definition) is 1. The van der Waals surface area contributed by atoms with E-state index in [9.17, 15) is 17.8 Å². The predicted molar refractivity (Wildman–Crippen MR) is 118 cm³/mol. The Hall–Kier alpha value is -3.16. The van der Waals surface area contributed by atoms with E-state index < -0.39 is 16.2 Å². The highest BCUT2D eigenvalue weighted by Crippen LogP contribution is 2.35. The average molecular weight is 438 g/mol. The van der Waals surface area contributed by atoms with Crippen LogP contribution >= 0.6 is 0 Å². The fraction of sp³-hybridized carbons (Fsp3) is 0.208. The molecule has 0 saturated heterocycles. The number of ether oxygens (including phenoxy) is 1. The zero-order chi connectivity index (χ0) is 22.0. The first-order valence-corrected chi connectivity index (χ1v) is 11.4. The van der Waals surface area contributed by atoms with Crippen LogP contribution in [0.25, 0.3) is 0 Å². The van der Waals surface area contributed by atoms with E-state index in [-0.39, 0.29) is 30.2 Å². The van der Waals surface area contributed by atoms with E-state index in [0.717, 1.165) is 11.1 Å². The van der Waals surface area contributed by atoms with E-state index >= 15 is 0 Å². The molecule has 3 aromatic carbocycles. The Balaban J connectivity index is 1.63. The van der Waals surface area contributed by atoms with Gasteiger partial charge in [-0.3, -0.25) is 9.35 Å². The van der Waals surface area contributed by atoms with Gasteiger partial charge in [0.15, 0.2) is 0 Å². The van der Waals surface area contributed by atoms with E-state index in [1.807, 2.05) is 55.5 Å². The average Bonchev–Trinajstić information content (AvgIpc) is 2.73. The summed E-state index contributed by atoms with van der Waals surface area (Å²) in [6.07, 6.45) is 0.0278. The minimum atomic E-state index is -4.37. The predicted octanol–water partition coefficient (Wildman–Crippen LogP) is 3.82. The van der Waals surface area contributed by atoms with Crippen molar-refractivity contribution in [1.29, 1.82) is 0 Å². The molecule has 160 valence electrons. The van der Waals surface area contributed by atoms with Crippen LogP contribution in [0.15, 0.2) is 77.7 Å². The van der Waals surface area contributed by atoms with Crippen LogP contribution < -0.4 is 9.64 Å². The lowest BCUT2D eigenvalue weighted by Crippen LogP contribution is -2.45. The molecule has 1 N–H and O–H groups in total. The summed E-state index contributed by atoms with van der Waals surface area (Å²) in [7, 11) is -4.37. The summed E-state index contributed by atoms with van der Waals surface area (Å²) in [5.41, 5.74) is 2.94. The number of nitrogens with zero attached hydrogens (tertiary/aromatic N) is 1. The van der Waals surface area contributed by atoms with Crippen molar-refractivity contribution in [2.45, 2.75) is 30.8 Å². The largest absolute Gasteiger partial charge is 0.486 e. The van der Waals surface area contributed by atoms with Gasteiger partial charge < -0.3 is 9.64 Å². The van der Waals surface area contributed by atoms with Crippen LogP contribution in [0.2, 0.25) is 0 Å². The topological polar surface area (TPSA) is 83.9 Å². The molecule has 1 aliphatic heterocycles. The maximum atomic E-state index is 13.1. The molecule has 1 heterocycles. The Kier molecular flexibility index (Phi) is 5.80. The van der Waals surface area contributed by atoms with Crippen LogP contribution in [0, 0.1) is 6.92 Å². The molecule has 0 aromatic heterocycles. The van der Waals surface area contributed by atoms with Crippen molar-refractivity contribution >= 4 is 21.7 Å². The Morgan fingerprint density at radius 3 is 2.52 bits per heavy atom. The van der Waals surface area contributed by atoms with Crippen LogP contribution in [0.5, 0.6) is 5.75 Å². The Labute approximate surface area is 181 Å². The van der Waals surface area contributed by atoms with Crippen molar-refractivity contribution in [1.82, 2.24) is 0 Å². The lowest BCUT2D eigenvalue weighted by molar-refractivity contribution is -0.118. The van der Waals surface area contributed by atoms with E-state index in [4.69, 9.17) is 4.74 Å². The molecule has 0 spiro atoms. The summed E-state index contributed by atoms with van der Waals surface area (Å²) in [5.74, 6) is 0.507. The first-order valence-electron chi connectivity index (χ1n) is 9.98.